The summed E-state index contributed by atoms with van der Waals surface area (Å²) in [4.78, 5) is 15.9. The summed E-state index contributed by atoms with van der Waals surface area (Å²) in [6.07, 6.45) is 4.63. The van der Waals surface area contributed by atoms with Gasteiger partial charge in [-0.3, -0.25) is 9.78 Å². The van der Waals surface area contributed by atoms with E-state index >= 15 is 0 Å². The summed E-state index contributed by atoms with van der Waals surface area (Å²) in [6, 6.07) is 11.5. The van der Waals surface area contributed by atoms with Crippen molar-refractivity contribution in [3.63, 3.8) is 0 Å². The number of pyridine rings is 1. The van der Waals surface area contributed by atoms with Crippen LogP contribution in [0.25, 0.3) is 0 Å². The third-order valence-electron chi connectivity index (χ3n) is 3.21. The molecule has 0 bridgehead atoms. The fourth-order valence-electron chi connectivity index (χ4n) is 2.03. The number of halogens is 1. The van der Waals surface area contributed by atoms with Gasteiger partial charge in [0, 0.05) is 31.3 Å². The van der Waals surface area contributed by atoms with Gasteiger partial charge in [-0.25, -0.2) is 0 Å². The number of nitrogens with two attached hydrogens (primary N) is 1. The van der Waals surface area contributed by atoms with Crippen molar-refractivity contribution in [1.29, 1.82) is 0 Å². The van der Waals surface area contributed by atoms with E-state index in [-0.39, 0.29) is 11.8 Å². The van der Waals surface area contributed by atoms with Crippen LogP contribution in [0.1, 0.15) is 30.0 Å². The van der Waals surface area contributed by atoms with Gasteiger partial charge in [0.05, 0.1) is 5.02 Å². The second-order valence-electron chi connectivity index (χ2n) is 4.74. The first kappa shape index (κ1) is 14.7. The smallest absolute Gasteiger partial charge is 0.137 e. The SMILES string of the molecule is NC(CCC(=O)Cc1ccncc1Cl)c1ccccc1. The largest absolute Gasteiger partial charge is 0.324 e. The van der Waals surface area contributed by atoms with E-state index in [1.807, 2.05) is 30.3 Å². The van der Waals surface area contributed by atoms with Crippen LogP contribution in [-0.2, 0) is 11.2 Å². The van der Waals surface area contributed by atoms with Crippen molar-refractivity contribution in [2.75, 3.05) is 0 Å². The molecule has 3 nitrogen and oxygen atoms in total. The molecule has 2 rings (SSSR count). The number of nitrogens with zero attached hydrogens (tertiary/aromatic N) is 1. The summed E-state index contributed by atoms with van der Waals surface area (Å²) in [5.74, 6) is 0.143. The van der Waals surface area contributed by atoms with E-state index in [1.54, 1.807) is 18.5 Å². The van der Waals surface area contributed by atoms with E-state index in [0.717, 1.165) is 11.1 Å². The van der Waals surface area contributed by atoms with Crippen LogP contribution < -0.4 is 5.73 Å². The van der Waals surface area contributed by atoms with Gasteiger partial charge < -0.3 is 5.73 Å². The summed E-state index contributed by atoms with van der Waals surface area (Å²) in [5.41, 5.74) is 7.96. The van der Waals surface area contributed by atoms with E-state index in [1.165, 1.54) is 0 Å². The van der Waals surface area contributed by atoms with E-state index in [2.05, 4.69) is 4.98 Å². The van der Waals surface area contributed by atoms with Crippen LogP contribution in [0.5, 0.6) is 0 Å². The summed E-state index contributed by atoms with van der Waals surface area (Å²) in [7, 11) is 0. The standard InChI is InChI=1S/C16H17ClN2O/c17-15-11-19-9-8-13(15)10-14(20)6-7-16(18)12-4-2-1-3-5-12/h1-5,8-9,11,16H,6-7,10,18H2. The molecule has 1 aromatic heterocycles. The number of carbonyl (C=O) groups is 1. The van der Waals surface area contributed by atoms with Crippen molar-refractivity contribution < 1.29 is 4.79 Å². The zero-order chi connectivity index (χ0) is 14.4. The number of aromatic nitrogens is 1. The zero-order valence-corrected chi connectivity index (χ0v) is 11.9. The molecule has 20 heavy (non-hydrogen) atoms. The third-order valence-corrected chi connectivity index (χ3v) is 3.55. The van der Waals surface area contributed by atoms with Gasteiger partial charge in [0.25, 0.3) is 0 Å². The summed E-state index contributed by atoms with van der Waals surface area (Å²) in [6.45, 7) is 0. The molecule has 1 unspecified atom stereocenters. The van der Waals surface area contributed by atoms with Crippen molar-refractivity contribution in [2.24, 2.45) is 5.73 Å². The number of hydrogen-bond acceptors (Lipinski definition) is 3. The Balaban J connectivity index is 1.85. The molecule has 0 saturated heterocycles. The molecule has 2 aromatic rings. The highest BCUT2D eigenvalue weighted by molar-refractivity contribution is 6.31. The molecule has 0 amide bonds. The van der Waals surface area contributed by atoms with Crippen LogP contribution in [0.2, 0.25) is 5.02 Å². The van der Waals surface area contributed by atoms with Gasteiger partial charge in [-0.1, -0.05) is 41.9 Å². The van der Waals surface area contributed by atoms with Crippen LogP contribution in [-0.4, -0.2) is 10.8 Å². The number of benzene rings is 1. The van der Waals surface area contributed by atoms with E-state index in [0.29, 0.717) is 24.3 Å². The quantitative estimate of drug-likeness (QED) is 0.887. The maximum atomic E-state index is 12.0. The van der Waals surface area contributed by atoms with Crippen LogP contribution in [0.4, 0.5) is 0 Å². The number of rotatable bonds is 6. The number of ketones is 1. The van der Waals surface area contributed by atoms with Crippen LogP contribution >= 0.6 is 11.6 Å². The Kier molecular flexibility index (Phi) is 5.27. The van der Waals surface area contributed by atoms with Crippen LogP contribution in [0.15, 0.2) is 48.8 Å². The van der Waals surface area contributed by atoms with Gasteiger partial charge in [-0.2, -0.15) is 0 Å². The maximum Gasteiger partial charge on any atom is 0.137 e. The van der Waals surface area contributed by atoms with Gasteiger partial charge >= 0.3 is 0 Å². The van der Waals surface area contributed by atoms with Crippen molar-refractivity contribution in [3.05, 3.63) is 64.9 Å². The fraction of sp³-hybridized carbons (Fsp3) is 0.250. The topological polar surface area (TPSA) is 56.0 Å². The lowest BCUT2D eigenvalue weighted by atomic mass is 9.99. The summed E-state index contributed by atoms with van der Waals surface area (Å²) >= 11 is 5.99. The highest BCUT2D eigenvalue weighted by Crippen LogP contribution is 2.18. The second-order valence-corrected chi connectivity index (χ2v) is 5.15. The maximum absolute atomic E-state index is 12.0. The Morgan fingerprint density at radius 3 is 2.70 bits per heavy atom. The number of Topliss-reactive ketones (excluding diaryl/α,β-unsaturated/α-hetero) is 1. The van der Waals surface area contributed by atoms with Crippen molar-refractivity contribution in [1.82, 2.24) is 4.98 Å². The zero-order valence-electron chi connectivity index (χ0n) is 11.1. The van der Waals surface area contributed by atoms with Crippen molar-refractivity contribution in [3.8, 4) is 0 Å². The Bertz CT molecular complexity index is 572. The van der Waals surface area contributed by atoms with Crippen LogP contribution in [0, 0.1) is 0 Å². The molecule has 0 radical (unpaired) electrons. The summed E-state index contributed by atoms with van der Waals surface area (Å²) < 4.78 is 0. The van der Waals surface area contributed by atoms with Gasteiger partial charge in [0.15, 0.2) is 0 Å². The first-order valence-corrected chi connectivity index (χ1v) is 6.95. The van der Waals surface area contributed by atoms with Gasteiger partial charge in [-0.05, 0) is 23.6 Å². The first-order valence-electron chi connectivity index (χ1n) is 6.57. The minimum absolute atomic E-state index is 0.104. The van der Waals surface area contributed by atoms with Crippen molar-refractivity contribution >= 4 is 17.4 Å². The molecular weight excluding hydrogens is 272 g/mol. The van der Waals surface area contributed by atoms with Gasteiger partial charge in [0.2, 0.25) is 0 Å². The highest BCUT2D eigenvalue weighted by atomic mass is 35.5. The number of hydrogen-bond donors (Lipinski definition) is 1. The molecule has 0 saturated carbocycles. The summed E-state index contributed by atoms with van der Waals surface area (Å²) in [5, 5.41) is 0.535. The fourth-order valence-corrected chi connectivity index (χ4v) is 2.22. The average molecular weight is 289 g/mol. The predicted octanol–water partition coefficient (Wildman–Crippen LogP) is 3.33. The van der Waals surface area contributed by atoms with Gasteiger partial charge in [-0.15, -0.1) is 0 Å². The molecule has 1 aromatic carbocycles. The highest BCUT2D eigenvalue weighted by Gasteiger charge is 2.11. The lowest BCUT2D eigenvalue weighted by Crippen LogP contribution is -2.13. The first-order chi connectivity index (χ1) is 9.66. The Labute approximate surface area is 123 Å². The average Bonchev–Trinajstić information content (AvgIpc) is 2.48. The molecule has 0 fully saturated rings. The minimum Gasteiger partial charge on any atom is -0.324 e. The monoisotopic (exact) mass is 288 g/mol. The van der Waals surface area contributed by atoms with E-state index in [4.69, 9.17) is 17.3 Å². The van der Waals surface area contributed by atoms with Crippen molar-refractivity contribution in [2.45, 2.75) is 25.3 Å². The third kappa shape index (κ3) is 4.15. The molecule has 4 heteroatoms. The van der Waals surface area contributed by atoms with E-state index in [9.17, 15) is 4.79 Å². The Morgan fingerprint density at radius 2 is 2.00 bits per heavy atom. The minimum atomic E-state index is -0.104. The predicted molar refractivity (Wildman–Crippen MR) is 80.6 cm³/mol. The molecule has 1 heterocycles. The molecule has 104 valence electrons. The Hall–Kier alpha value is -1.71. The molecule has 0 spiro atoms. The molecule has 0 aliphatic rings. The molecular formula is C16H17ClN2O. The molecule has 0 aliphatic carbocycles. The van der Waals surface area contributed by atoms with Gasteiger partial charge in [0.1, 0.15) is 5.78 Å². The Morgan fingerprint density at radius 1 is 1.25 bits per heavy atom. The molecule has 2 N–H and O–H groups in total. The lowest BCUT2D eigenvalue weighted by molar-refractivity contribution is -0.118. The van der Waals surface area contributed by atoms with Crippen LogP contribution in [0.3, 0.4) is 0 Å². The number of carbonyl (C=O) groups excluding carboxylic acids is 1. The molecule has 0 aliphatic heterocycles. The van der Waals surface area contributed by atoms with E-state index < -0.39 is 0 Å². The lowest BCUT2D eigenvalue weighted by Gasteiger charge is -2.11. The second kappa shape index (κ2) is 7.17. The normalized spacial score (nSPS) is 12.1. The molecule has 1 atom stereocenters.